The molecule has 0 saturated carbocycles. The second kappa shape index (κ2) is 7.71. The monoisotopic (exact) mass is 370 g/mol. The Balaban J connectivity index is 2.27. The SMILES string of the molecule is CCOc1ccc(C(Br)c2cc(OC)cs2)cc1OCC. The Morgan fingerprint density at radius 1 is 1.10 bits per heavy atom. The zero-order valence-electron chi connectivity index (χ0n) is 12.4. The van der Waals surface area contributed by atoms with Gasteiger partial charge in [0.2, 0.25) is 0 Å². The molecule has 0 saturated heterocycles. The van der Waals surface area contributed by atoms with Crippen LogP contribution in [0.1, 0.15) is 29.1 Å². The van der Waals surface area contributed by atoms with E-state index in [2.05, 4.69) is 22.0 Å². The number of hydrogen-bond donors (Lipinski definition) is 0. The molecule has 1 aromatic heterocycles. The van der Waals surface area contributed by atoms with Crippen LogP contribution in [0.5, 0.6) is 17.2 Å². The average Bonchev–Trinajstić information content (AvgIpc) is 2.98. The number of benzene rings is 1. The van der Waals surface area contributed by atoms with E-state index in [1.807, 2.05) is 37.4 Å². The van der Waals surface area contributed by atoms with Crippen LogP contribution in [-0.4, -0.2) is 20.3 Å². The van der Waals surface area contributed by atoms with Crippen molar-refractivity contribution in [1.29, 1.82) is 0 Å². The Kier molecular flexibility index (Phi) is 5.94. The molecule has 0 amide bonds. The zero-order chi connectivity index (χ0) is 15.2. The molecule has 21 heavy (non-hydrogen) atoms. The Morgan fingerprint density at radius 3 is 2.43 bits per heavy atom. The van der Waals surface area contributed by atoms with Crippen LogP contribution >= 0.6 is 27.3 Å². The predicted molar refractivity (Wildman–Crippen MR) is 90.4 cm³/mol. The van der Waals surface area contributed by atoms with Gasteiger partial charge >= 0.3 is 0 Å². The largest absolute Gasteiger partial charge is 0.496 e. The van der Waals surface area contributed by atoms with E-state index in [-0.39, 0.29) is 4.83 Å². The first-order valence-electron chi connectivity index (χ1n) is 6.85. The van der Waals surface area contributed by atoms with Crippen molar-refractivity contribution in [2.75, 3.05) is 20.3 Å². The van der Waals surface area contributed by atoms with Gasteiger partial charge in [-0.3, -0.25) is 0 Å². The van der Waals surface area contributed by atoms with Crippen LogP contribution in [-0.2, 0) is 0 Å². The highest BCUT2D eigenvalue weighted by molar-refractivity contribution is 9.09. The summed E-state index contributed by atoms with van der Waals surface area (Å²) >= 11 is 5.41. The van der Waals surface area contributed by atoms with Crippen molar-refractivity contribution in [2.24, 2.45) is 0 Å². The van der Waals surface area contributed by atoms with Crippen LogP contribution in [0.4, 0.5) is 0 Å². The molecule has 0 fully saturated rings. The van der Waals surface area contributed by atoms with Gasteiger partial charge in [0.1, 0.15) is 5.75 Å². The van der Waals surface area contributed by atoms with Gasteiger partial charge in [0.05, 0.1) is 25.2 Å². The molecule has 2 rings (SSSR count). The lowest BCUT2D eigenvalue weighted by Crippen LogP contribution is -2.00. The highest BCUT2D eigenvalue weighted by Gasteiger charge is 2.16. The number of halogens is 1. The van der Waals surface area contributed by atoms with Crippen LogP contribution in [0.25, 0.3) is 0 Å². The van der Waals surface area contributed by atoms with Gasteiger partial charge in [-0.25, -0.2) is 0 Å². The molecule has 5 heteroatoms. The van der Waals surface area contributed by atoms with Gasteiger partial charge in [-0.15, -0.1) is 11.3 Å². The fourth-order valence-electron chi connectivity index (χ4n) is 1.96. The van der Waals surface area contributed by atoms with Gasteiger partial charge in [0.15, 0.2) is 11.5 Å². The summed E-state index contributed by atoms with van der Waals surface area (Å²) in [5.41, 5.74) is 1.13. The molecule has 1 unspecified atom stereocenters. The Hall–Kier alpha value is -1.20. The first-order valence-corrected chi connectivity index (χ1v) is 8.65. The van der Waals surface area contributed by atoms with Crippen LogP contribution < -0.4 is 14.2 Å². The number of thiophene rings is 1. The van der Waals surface area contributed by atoms with E-state index in [0.29, 0.717) is 13.2 Å². The quantitative estimate of drug-likeness (QED) is 0.639. The van der Waals surface area contributed by atoms with Gasteiger partial charge < -0.3 is 14.2 Å². The highest BCUT2D eigenvalue weighted by Crippen LogP contribution is 2.40. The number of ether oxygens (including phenoxy) is 3. The summed E-state index contributed by atoms with van der Waals surface area (Å²) in [6.45, 7) is 5.18. The summed E-state index contributed by atoms with van der Waals surface area (Å²) in [7, 11) is 1.68. The summed E-state index contributed by atoms with van der Waals surface area (Å²) in [6, 6.07) is 8.09. The minimum absolute atomic E-state index is 0.112. The van der Waals surface area contributed by atoms with Crippen molar-refractivity contribution in [1.82, 2.24) is 0 Å². The lowest BCUT2D eigenvalue weighted by Gasteiger charge is -2.14. The van der Waals surface area contributed by atoms with Crippen LogP contribution in [0.2, 0.25) is 0 Å². The molecule has 0 N–H and O–H groups in total. The minimum Gasteiger partial charge on any atom is -0.496 e. The number of hydrogen-bond acceptors (Lipinski definition) is 4. The summed E-state index contributed by atoms with van der Waals surface area (Å²) in [6.07, 6.45) is 0. The maximum atomic E-state index is 5.68. The standard InChI is InChI=1S/C16H19BrO3S/c1-4-19-13-7-6-11(8-14(13)20-5-2)16(17)15-9-12(18-3)10-21-15/h6-10,16H,4-5H2,1-3H3. The van der Waals surface area contributed by atoms with Gasteiger partial charge in [-0.05, 0) is 37.6 Å². The normalized spacial score (nSPS) is 12.0. The van der Waals surface area contributed by atoms with E-state index in [1.165, 1.54) is 4.88 Å². The molecule has 1 aromatic carbocycles. The molecule has 0 spiro atoms. The van der Waals surface area contributed by atoms with E-state index < -0.39 is 0 Å². The average molecular weight is 371 g/mol. The molecular formula is C16H19BrO3S. The van der Waals surface area contributed by atoms with Gasteiger partial charge in [0.25, 0.3) is 0 Å². The first-order chi connectivity index (χ1) is 10.2. The third-order valence-corrected chi connectivity index (χ3v) is 5.24. The third kappa shape index (κ3) is 3.92. The maximum Gasteiger partial charge on any atom is 0.161 e. The van der Waals surface area contributed by atoms with Crippen molar-refractivity contribution in [3.05, 3.63) is 40.1 Å². The zero-order valence-corrected chi connectivity index (χ0v) is 14.8. The fourth-order valence-corrected chi connectivity index (χ4v) is 3.56. The highest BCUT2D eigenvalue weighted by atomic mass is 79.9. The Labute approximate surface area is 138 Å². The smallest absolute Gasteiger partial charge is 0.161 e. The molecule has 0 radical (unpaired) electrons. The van der Waals surface area contributed by atoms with Crippen molar-refractivity contribution >= 4 is 27.3 Å². The fraction of sp³-hybridized carbons (Fsp3) is 0.375. The molecule has 1 heterocycles. The third-order valence-electron chi connectivity index (χ3n) is 2.94. The van der Waals surface area contributed by atoms with Crippen LogP contribution in [0, 0.1) is 0 Å². The summed E-state index contributed by atoms with van der Waals surface area (Å²) in [4.78, 5) is 1.31. The number of methoxy groups -OCH3 is 1. The lowest BCUT2D eigenvalue weighted by molar-refractivity contribution is 0.287. The molecule has 0 aliphatic rings. The van der Waals surface area contributed by atoms with Crippen molar-refractivity contribution in [3.8, 4) is 17.2 Å². The molecule has 0 bridgehead atoms. The van der Waals surface area contributed by atoms with E-state index in [1.54, 1.807) is 18.4 Å². The predicted octanol–water partition coefficient (Wildman–Crippen LogP) is 5.04. The number of rotatable bonds is 7. The van der Waals surface area contributed by atoms with Gasteiger partial charge in [0, 0.05) is 10.3 Å². The van der Waals surface area contributed by atoms with E-state index in [9.17, 15) is 0 Å². The molecule has 1 atom stereocenters. The minimum atomic E-state index is 0.112. The first kappa shape index (κ1) is 16.2. The Morgan fingerprint density at radius 2 is 1.81 bits per heavy atom. The molecular weight excluding hydrogens is 352 g/mol. The second-order valence-electron chi connectivity index (χ2n) is 4.32. The number of alkyl halides is 1. The molecule has 114 valence electrons. The van der Waals surface area contributed by atoms with Crippen molar-refractivity contribution in [3.63, 3.8) is 0 Å². The lowest BCUT2D eigenvalue weighted by atomic mass is 10.1. The topological polar surface area (TPSA) is 27.7 Å². The van der Waals surface area contributed by atoms with Gasteiger partial charge in [-0.2, -0.15) is 0 Å². The van der Waals surface area contributed by atoms with Crippen molar-refractivity contribution < 1.29 is 14.2 Å². The molecule has 3 nitrogen and oxygen atoms in total. The van der Waals surface area contributed by atoms with E-state index >= 15 is 0 Å². The summed E-state index contributed by atoms with van der Waals surface area (Å²) < 4.78 is 16.5. The van der Waals surface area contributed by atoms with Gasteiger partial charge in [-0.1, -0.05) is 22.0 Å². The van der Waals surface area contributed by atoms with Crippen LogP contribution in [0.15, 0.2) is 29.6 Å². The van der Waals surface area contributed by atoms with E-state index in [4.69, 9.17) is 14.2 Å². The second-order valence-corrected chi connectivity index (χ2v) is 6.18. The van der Waals surface area contributed by atoms with Crippen LogP contribution in [0.3, 0.4) is 0 Å². The summed E-state index contributed by atoms with van der Waals surface area (Å²) in [5.74, 6) is 2.45. The summed E-state index contributed by atoms with van der Waals surface area (Å²) in [5, 5.41) is 2.00. The molecule has 2 aromatic rings. The van der Waals surface area contributed by atoms with Crippen molar-refractivity contribution in [2.45, 2.75) is 18.7 Å². The maximum absolute atomic E-state index is 5.68. The molecule has 0 aliphatic heterocycles. The molecule has 0 aliphatic carbocycles. The van der Waals surface area contributed by atoms with E-state index in [0.717, 1.165) is 22.8 Å². The Bertz CT molecular complexity index is 583.